The molecule has 6 aliphatic rings. The van der Waals surface area contributed by atoms with Gasteiger partial charge in [0.2, 0.25) is 0 Å². The van der Waals surface area contributed by atoms with Crippen molar-refractivity contribution in [3.05, 3.63) is 123 Å². The number of ether oxygens (including phenoxy) is 3. The standard InChI is InChI=1S/2C18H21FN4O2.C10H10FNO2.C8H13N3O.CH4/c1-25-11-3-5-16-14(9-11)17(20)22-23(16)18(24)12-6-7-21-15-4-2-10(19)8-13(12)15;1-25-11-3-5-16-14(9-11)17(20)23(22-16)18(24)12-6-7-21-15-4-2-10(19)8-13(12)15;11-6-1-2-9-8(5-6)7(10(13)14)3-4-12-9;1-12-5-2-3-7-6(4-5)8(9)11-10-7;/h2,4,8,11-12,21H,3,5-7,9H2,1H3,(H2,20,22);2,4,8,11-12,21H,3,5-7,9,20H2,1H3;1-2,5,7,12H,3-4H2,(H,13,14);5H,2-4H2,1H3,(H3,9,10,11);1H4/t2*11-,12?;;5-;/m00.0./s1. The molecule has 77 heavy (non-hydrogen) atoms. The predicted octanol–water partition coefficient (Wildman–Crippen LogP) is 7.64. The summed E-state index contributed by atoms with van der Waals surface area (Å²) < 4.78 is 59.2. The van der Waals surface area contributed by atoms with Crippen LogP contribution in [0.5, 0.6) is 0 Å². The zero-order chi connectivity index (χ0) is 53.8. The lowest BCUT2D eigenvalue weighted by atomic mass is 9.89. The van der Waals surface area contributed by atoms with Crippen LogP contribution in [-0.4, -0.2) is 112 Å². The number of carbonyl (C=O) groups is 3. The second kappa shape index (κ2) is 24.3. The van der Waals surface area contributed by atoms with E-state index in [4.69, 9.17) is 36.5 Å². The number of aromatic nitrogens is 6. The molecule has 0 fully saturated rings. The molecule has 0 saturated carbocycles. The molecule has 19 nitrogen and oxygen atoms in total. The number of nitrogen functional groups attached to an aromatic ring is 3. The average molecular weight is 1070 g/mol. The first-order valence-corrected chi connectivity index (χ1v) is 25.7. The summed E-state index contributed by atoms with van der Waals surface area (Å²) in [6.45, 7) is 1.94. The molecule has 412 valence electrons. The van der Waals surface area contributed by atoms with E-state index in [1.54, 1.807) is 39.5 Å². The number of hydrogen-bond acceptors (Lipinski definition) is 15. The molecule has 0 radical (unpaired) electrons. The fraction of sp³-hybridized carbons (Fsp3) is 0.455. The lowest BCUT2D eigenvalue weighted by molar-refractivity contribution is -0.139. The number of halogens is 3. The van der Waals surface area contributed by atoms with Crippen molar-refractivity contribution >= 4 is 52.3 Å². The van der Waals surface area contributed by atoms with Gasteiger partial charge in [0.05, 0.1) is 47.5 Å². The van der Waals surface area contributed by atoms with Crippen LogP contribution in [-0.2, 0) is 57.5 Å². The third-order valence-electron chi connectivity index (χ3n) is 15.4. The van der Waals surface area contributed by atoms with Gasteiger partial charge in [0.1, 0.15) is 34.9 Å². The molecule has 6 atom stereocenters. The van der Waals surface area contributed by atoms with Gasteiger partial charge in [0.25, 0.3) is 11.8 Å². The molecule has 3 unspecified atom stereocenters. The largest absolute Gasteiger partial charge is 0.481 e. The number of aryl methyl sites for hydroxylation is 2. The molecular weight excluding hydrogens is 998 g/mol. The van der Waals surface area contributed by atoms with Crippen molar-refractivity contribution in [2.45, 2.75) is 121 Å². The van der Waals surface area contributed by atoms with Crippen molar-refractivity contribution in [3.63, 3.8) is 0 Å². The van der Waals surface area contributed by atoms with E-state index in [9.17, 15) is 27.6 Å². The molecule has 6 aromatic rings. The van der Waals surface area contributed by atoms with E-state index in [-0.39, 0.29) is 43.1 Å². The second-order valence-electron chi connectivity index (χ2n) is 19.8. The molecular formula is C55H69F3N12O7. The van der Waals surface area contributed by atoms with Crippen LogP contribution in [0.1, 0.15) is 124 Å². The number of aromatic amines is 1. The molecule has 0 saturated heterocycles. The van der Waals surface area contributed by atoms with Gasteiger partial charge in [0, 0.05) is 99.7 Å². The van der Waals surface area contributed by atoms with Gasteiger partial charge >= 0.3 is 5.97 Å². The van der Waals surface area contributed by atoms with E-state index in [0.29, 0.717) is 98.4 Å². The molecule has 0 bridgehead atoms. The summed E-state index contributed by atoms with van der Waals surface area (Å²) in [5, 5.41) is 34.1. The quantitative estimate of drug-likeness (QED) is 0.0796. The Morgan fingerprint density at radius 1 is 0.584 bits per heavy atom. The number of nitrogens with two attached hydrogens (primary N) is 3. The van der Waals surface area contributed by atoms with Crippen molar-refractivity contribution in [2.75, 3.05) is 74.1 Å². The summed E-state index contributed by atoms with van der Waals surface area (Å²) in [5.41, 5.74) is 28.1. The third-order valence-corrected chi connectivity index (χ3v) is 15.4. The monoisotopic (exact) mass is 1070 g/mol. The number of fused-ring (bicyclic) bond motifs is 6. The number of carboxylic acids is 1. The number of carbonyl (C=O) groups excluding carboxylic acids is 2. The van der Waals surface area contributed by atoms with Gasteiger partial charge < -0.3 is 52.5 Å². The number of benzene rings is 3. The first-order valence-electron chi connectivity index (χ1n) is 25.7. The van der Waals surface area contributed by atoms with E-state index >= 15 is 0 Å². The Kier molecular flexibility index (Phi) is 17.6. The zero-order valence-electron chi connectivity index (χ0n) is 42.8. The summed E-state index contributed by atoms with van der Waals surface area (Å²) in [6, 6.07) is 13.2. The topological polar surface area (TPSA) is 278 Å². The third kappa shape index (κ3) is 11.9. The number of nitrogens with one attached hydrogen (secondary N) is 4. The number of carboxylic acid groups (broad SMARTS) is 1. The lowest BCUT2D eigenvalue weighted by Gasteiger charge is -2.27. The number of anilines is 6. The van der Waals surface area contributed by atoms with Crippen molar-refractivity contribution in [1.29, 1.82) is 0 Å². The van der Waals surface area contributed by atoms with E-state index in [1.807, 2.05) is 0 Å². The smallest absolute Gasteiger partial charge is 0.311 e. The molecule has 6 heterocycles. The fourth-order valence-electron chi connectivity index (χ4n) is 11.1. The van der Waals surface area contributed by atoms with Gasteiger partial charge in [0.15, 0.2) is 0 Å². The van der Waals surface area contributed by atoms with Gasteiger partial charge in [-0.05, 0) is 129 Å². The Balaban J connectivity index is 0.000000141. The Labute approximate surface area is 444 Å². The number of rotatable bonds is 6. The highest BCUT2D eigenvalue weighted by molar-refractivity contribution is 5.91. The lowest BCUT2D eigenvalue weighted by Crippen LogP contribution is -2.30. The van der Waals surface area contributed by atoms with Crippen LogP contribution in [0.3, 0.4) is 0 Å². The van der Waals surface area contributed by atoms with Crippen molar-refractivity contribution < 1.29 is 46.9 Å². The molecule has 11 N–H and O–H groups in total. The van der Waals surface area contributed by atoms with Crippen LogP contribution in [0, 0.1) is 17.5 Å². The van der Waals surface area contributed by atoms with Crippen molar-refractivity contribution in [3.8, 4) is 0 Å². The zero-order valence-corrected chi connectivity index (χ0v) is 42.8. The summed E-state index contributed by atoms with van der Waals surface area (Å²) in [5.74, 6) is -2.36. The maximum Gasteiger partial charge on any atom is 0.311 e. The Morgan fingerprint density at radius 2 is 1.04 bits per heavy atom. The highest BCUT2D eigenvalue weighted by atomic mass is 19.1. The van der Waals surface area contributed by atoms with Crippen molar-refractivity contribution in [1.82, 2.24) is 29.8 Å². The summed E-state index contributed by atoms with van der Waals surface area (Å²) in [6.07, 6.45) is 9.67. The fourth-order valence-corrected chi connectivity index (χ4v) is 11.1. The molecule has 22 heteroatoms. The maximum atomic E-state index is 13.7. The Morgan fingerprint density at radius 3 is 1.56 bits per heavy atom. The normalized spacial score (nSPS) is 21.3. The van der Waals surface area contributed by atoms with E-state index in [2.05, 4.69) is 36.3 Å². The summed E-state index contributed by atoms with van der Waals surface area (Å²) in [4.78, 5) is 37.2. The molecule has 3 aromatic carbocycles. The van der Waals surface area contributed by atoms with Crippen LogP contribution in [0.2, 0.25) is 0 Å². The van der Waals surface area contributed by atoms with Gasteiger partial charge in [-0.2, -0.15) is 14.9 Å². The molecule has 3 aliphatic carbocycles. The van der Waals surface area contributed by atoms with Gasteiger partial charge in [-0.3, -0.25) is 19.5 Å². The number of methoxy groups -OCH3 is 3. The van der Waals surface area contributed by atoms with Crippen LogP contribution in [0.15, 0.2) is 54.6 Å². The van der Waals surface area contributed by atoms with Gasteiger partial charge in [-0.1, -0.05) is 7.43 Å². The SMILES string of the molecule is C.CO[C@H]1CCc2[nH]nc(N)c2C1.CO[C@H]1CCc2c(c(N)nn2C(=O)C2CCNc3ccc(F)cc32)C1.CO[C@H]1CCc2nn(C(=O)C3CCNc4ccc(F)cc43)c(N)c2C1.O=C(O)C1CCNc2ccc(F)cc21. The Hall–Kier alpha value is -7.43. The summed E-state index contributed by atoms with van der Waals surface area (Å²) in [7, 11) is 5.11. The average Bonchev–Trinajstić information content (AvgIpc) is 4.15. The number of nitrogens with zero attached hydrogens (tertiary/aromatic N) is 5. The minimum atomic E-state index is -0.890. The van der Waals surface area contributed by atoms with Crippen LogP contribution < -0.4 is 33.2 Å². The van der Waals surface area contributed by atoms with E-state index < -0.39 is 29.5 Å². The number of H-pyrrole nitrogens is 1. The highest BCUT2D eigenvalue weighted by Gasteiger charge is 2.35. The summed E-state index contributed by atoms with van der Waals surface area (Å²) >= 11 is 0. The van der Waals surface area contributed by atoms with Crippen LogP contribution in [0.25, 0.3) is 0 Å². The maximum absolute atomic E-state index is 13.7. The van der Waals surface area contributed by atoms with Crippen molar-refractivity contribution in [2.24, 2.45) is 0 Å². The molecule has 3 aliphatic heterocycles. The Bertz CT molecular complexity index is 3100. The van der Waals surface area contributed by atoms with E-state index in [1.165, 1.54) is 51.5 Å². The highest BCUT2D eigenvalue weighted by Crippen LogP contribution is 2.38. The molecule has 3 aromatic heterocycles. The first-order chi connectivity index (χ1) is 36.6. The molecule has 0 amide bonds. The van der Waals surface area contributed by atoms with Crippen LogP contribution in [0.4, 0.5) is 47.7 Å². The number of hydrogen-bond donors (Lipinski definition) is 8. The van der Waals surface area contributed by atoms with Gasteiger partial charge in [-0.25, -0.2) is 17.9 Å². The molecule has 0 spiro atoms. The van der Waals surface area contributed by atoms with Crippen LogP contribution >= 0.6 is 0 Å². The minimum absolute atomic E-state index is 0. The minimum Gasteiger partial charge on any atom is -0.481 e. The van der Waals surface area contributed by atoms with E-state index in [0.717, 1.165) is 83.7 Å². The predicted molar refractivity (Wildman–Crippen MR) is 287 cm³/mol. The molecule has 12 rings (SSSR count). The number of aliphatic carboxylic acids is 1. The first kappa shape index (κ1) is 55.8. The second-order valence-corrected chi connectivity index (χ2v) is 19.8. The van der Waals surface area contributed by atoms with Gasteiger partial charge in [-0.15, -0.1) is 5.10 Å².